The molecule has 1 aromatic rings. The third-order valence-corrected chi connectivity index (χ3v) is 6.69. The van der Waals surface area contributed by atoms with Crippen LogP contribution >= 0.6 is 0 Å². The van der Waals surface area contributed by atoms with Crippen LogP contribution in [0.3, 0.4) is 0 Å². The largest absolute Gasteiger partial charge is 0.481 e. The van der Waals surface area contributed by atoms with Crippen molar-refractivity contribution < 1.29 is 14.3 Å². The number of carbonyl (C=O) groups is 1. The van der Waals surface area contributed by atoms with E-state index in [0.29, 0.717) is 29.8 Å². The lowest BCUT2D eigenvalue weighted by molar-refractivity contribution is -0.131. The van der Waals surface area contributed by atoms with Crippen LogP contribution in [0.25, 0.3) is 0 Å². The highest BCUT2D eigenvalue weighted by atomic mass is 16.5. The molecule has 3 heterocycles. The number of nitrogens with zero attached hydrogens (tertiary/aromatic N) is 4. The minimum atomic E-state index is 0.321. The Morgan fingerprint density at radius 2 is 1.97 bits per heavy atom. The van der Waals surface area contributed by atoms with Gasteiger partial charge < -0.3 is 14.4 Å². The molecule has 2 aliphatic heterocycles. The highest BCUT2D eigenvalue weighted by Gasteiger charge is 2.39. The highest BCUT2D eigenvalue weighted by molar-refractivity contribution is 5.81. The Bertz CT molecular complexity index is 705. The summed E-state index contributed by atoms with van der Waals surface area (Å²) in [7, 11) is 3.81. The van der Waals surface area contributed by atoms with Gasteiger partial charge in [-0.25, -0.2) is 4.98 Å². The molecular weight excluding hydrogens is 380 g/mol. The zero-order chi connectivity index (χ0) is 20.9. The standard InChI is InChI=1S/C23H36N4O3/c1-25(16-19-4-3-5-22(24-19)29-2)12-13-27(20-9-14-30-15-10-20)21-8-11-26(17-21)23(28)18-6-7-18/h3-5,18,20-21H,6-17H2,1-2H3. The second-order valence-electron chi connectivity index (χ2n) is 8.99. The van der Waals surface area contributed by atoms with E-state index in [1.807, 2.05) is 18.2 Å². The molecule has 0 bridgehead atoms. The summed E-state index contributed by atoms with van der Waals surface area (Å²) in [4.78, 5) is 24.2. The Morgan fingerprint density at radius 3 is 2.70 bits per heavy atom. The predicted octanol–water partition coefficient (Wildman–Crippen LogP) is 2.01. The maximum Gasteiger partial charge on any atom is 0.225 e. The number of carbonyl (C=O) groups excluding carboxylic acids is 1. The Labute approximate surface area is 180 Å². The van der Waals surface area contributed by atoms with Gasteiger partial charge in [0.2, 0.25) is 11.8 Å². The third kappa shape index (κ3) is 5.50. The van der Waals surface area contributed by atoms with Crippen molar-refractivity contribution in [3.63, 3.8) is 0 Å². The van der Waals surface area contributed by atoms with Crippen molar-refractivity contribution in [3.8, 4) is 5.88 Å². The summed E-state index contributed by atoms with van der Waals surface area (Å²) >= 11 is 0. The topological polar surface area (TPSA) is 58.1 Å². The second kappa shape index (κ2) is 10.1. The number of hydrogen-bond acceptors (Lipinski definition) is 6. The number of ether oxygens (including phenoxy) is 2. The molecule has 0 spiro atoms. The van der Waals surface area contributed by atoms with Gasteiger partial charge in [-0.2, -0.15) is 0 Å². The van der Waals surface area contributed by atoms with Crippen molar-refractivity contribution in [1.82, 2.24) is 19.7 Å². The molecule has 0 aromatic carbocycles. The van der Waals surface area contributed by atoms with Crippen LogP contribution in [0.5, 0.6) is 5.88 Å². The van der Waals surface area contributed by atoms with Gasteiger partial charge in [0.05, 0.1) is 12.8 Å². The van der Waals surface area contributed by atoms with Gasteiger partial charge in [0.25, 0.3) is 0 Å². The van der Waals surface area contributed by atoms with Crippen molar-refractivity contribution in [3.05, 3.63) is 23.9 Å². The SMILES string of the molecule is COc1cccc(CN(C)CCN(C2CCOCC2)C2CCN(C(=O)C3CC3)C2)n1. The summed E-state index contributed by atoms with van der Waals surface area (Å²) in [5.41, 5.74) is 1.02. The maximum atomic E-state index is 12.5. The molecule has 7 heteroatoms. The van der Waals surface area contributed by atoms with Gasteiger partial charge in [0.1, 0.15) is 0 Å². The Kier molecular flexibility index (Phi) is 7.23. The fraction of sp³-hybridized carbons (Fsp3) is 0.739. The van der Waals surface area contributed by atoms with Gasteiger partial charge in [0, 0.05) is 70.0 Å². The number of methoxy groups -OCH3 is 1. The summed E-state index contributed by atoms with van der Waals surface area (Å²) in [6.45, 7) is 6.31. The average Bonchev–Trinajstić information content (AvgIpc) is 3.52. The highest BCUT2D eigenvalue weighted by Crippen LogP contribution is 2.33. The first kappa shape index (κ1) is 21.5. The van der Waals surface area contributed by atoms with Crippen LogP contribution in [0.4, 0.5) is 0 Å². The summed E-state index contributed by atoms with van der Waals surface area (Å²) in [5, 5.41) is 0. The number of likely N-dealkylation sites (tertiary alicyclic amines) is 1. The molecule has 30 heavy (non-hydrogen) atoms. The van der Waals surface area contributed by atoms with Crippen LogP contribution in [0.1, 0.15) is 37.8 Å². The summed E-state index contributed by atoms with van der Waals surface area (Å²) < 4.78 is 10.9. The number of rotatable bonds is 9. The maximum absolute atomic E-state index is 12.5. The van der Waals surface area contributed by atoms with Crippen LogP contribution in [-0.4, -0.2) is 91.2 Å². The van der Waals surface area contributed by atoms with Gasteiger partial charge in [-0.05, 0) is 45.2 Å². The number of likely N-dealkylation sites (N-methyl/N-ethyl adjacent to an activating group) is 1. The van der Waals surface area contributed by atoms with Crippen LogP contribution in [-0.2, 0) is 16.1 Å². The molecule has 2 saturated heterocycles. The molecule has 0 radical (unpaired) electrons. The number of hydrogen-bond donors (Lipinski definition) is 0. The summed E-state index contributed by atoms with van der Waals surface area (Å²) in [5.74, 6) is 1.38. The molecule has 166 valence electrons. The van der Waals surface area contributed by atoms with E-state index in [9.17, 15) is 4.79 Å². The first-order chi connectivity index (χ1) is 14.6. The molecule has 1 aromatic heterocycles. The van der Waals surface area contributed by atoms with Crippen molar-refractivity contribution >= 4 is 5.91 Å². The summed E-state index contributed by atoms with van der Waals surface area (Å²) in [6, 6.07) is 6.95. The minimum absolute atomic E-state index is 0.321. The molecule has 1 aliphatic carbocycles. The lowest BCUT2D eigenvalue weighted by Gasteiger charge is -2.39. The van der Waals surface area contributed by atoms with Gasteiger partial charge in [-0.3, -0.25) is 14.6 Å². The van der Waals surface area contributed by atoms with Crippen molar-refractivity contribution in [2.24, 2.45) is 5.92 Å². The first-order valence-corrected chi connectivity index (χ1v) is 11.4. The van der Waals surface area contributed by atoms with Crippen LogP contribution in [0, 0.1) is 5.92 Å². The smallest absolute Gasteiger partial charge is 0.225 e. The first-order valence-electron chi connectivity index (χ1n) is 11.4. The third-order valence-electron chi connectivity index (χ3n) is 6.69. The zero-order valence-corrected chi connectivity index (χ0v) is 18.5. The molecule has 1 unspecified atom stereocenters. The zero-order valence-electron chi connectivity index (χ0n) is 18.5. The quantitative estimate of drug-likeness (QED) is 0.614. The minimum Gasteiger partial charge on any atom is -0.481 e. The second-order valence-corrected chi connectivity index (χ2v) is 8.99. The van der Waals surface area contributed by atoms with Gasteiger partial charge in [-0.15, -0.1) is 0 Å². The van der Waals surface area contributed by atoms with E-state index in [4.69, 9.17) is 9.47 Å². The predicted molar refractivity (Wildman–Crippen MR) is 115 cm³/mol. The van der Waals surface area contributed by atoms with E-state index < -0.39 is 0 Å². The van der Waals surface area contributed by atoms with Crippen molar-refractivity contribution in [2.45, 2.75) is 50.7 Å². The van der Waals surface area contributed by atoms with Crippen LogP contribution in [0.2, 0.25) is 0 Å². The van der Waals surface area contributed by atoms with Crippen LogP contribution in [0.15, 0.2) is 18.2 Å². The molecular formula is C23H36N4O3. The van der Waals surface area contributed by atoms with E-state index in [1.165, 1.54) is 0 Å². The van der Waals surface area contributed by atoms with Gasteiger partial charge in [-0.1, -0.05) is 6.07 Å². The molecule has 4 rings (SSSR count). The van der Waals surface area contributed by atoms with Crippen molar-refractivity contribution in [2.75, 3.05) is 53.6 Å². The number of pyridine rings is 1. The molecule has 1 atom stereocenters. The van der Waals surface area contributed by atoms with E-state index in [0.717, 1.165) is 83.7 Å². The van der Waals surface area contributed by atoms with E-state index in [2.05, 4.69) is 26.7 Å². The number of amides is 1. The molecule has 0 N–H and O–H groups in total. The monoisotopic (exact) mass is 416 g/mol. The van der Waals surface area contributed by atoms with E-state index >= 15 is 0 Å². The Morgan fingerprint density at radius 1 is 1.17 bits per heavy atom. The molecule has 1 amide bonds. The number of aromatic nitrogens is 1. The van der Waals surface area contributed by atoms with Gasteiger partial charge in [0.15, 0.2) is 0 Å². The fourth-order valence-electron chi connectivity index (χ4n) is 4.78. The average molecular weight is 417 g/mol. The molecule has 1 saturated carbocycles. The lowest BCUT2D eigenvalue weighted by atomic mass is 10.0. The molecule has 3 fully saturated rings. The van der Waals surface area contributed by atoms with E-state index in [-0.39, 0.29) is 0 Å². The lowest BCUT2D eigenvalue weighted by Crippen LogP contribution is -2.49. The fourth-order valence-corrected chi connectivity index (χ4v) is 4.78. The Balaban J connectivity index is 1.34. The Hall–Kier alpha value is -1.70. The van der Waals surface area contributed by atoms with Gasteiger partial charge >= 0.3 is 0 Å². The van der Waals surface area contributed by atoms with Crippen LogP contribution < -0.4 is 4.74 Å². The van der Waals surface area contributed by atoms with E-state index in [1.54, 1.807) is 7.11 Å². The summed E-state index contributed by atoms with van der Waals surface area (Å²) in [6.07, 6.45) is 5.46. The molecule has 7 nitrogen and oxygen atoms in total. The normalized spacial score (nSPS) is 22.8. The molecule has 3 aliphatic rings. The van der Waals surface area contributed by atoms with Crippen molar-refractivity contribution in [1.29, 1.82) is 0 Å².